The molecule has 0 fully saturated rings. The number of esters is 1. The topological polar surface area (TPSA) is 74.7 Å². The predicted molar refractivity (Wildman–Crippen MR) is 155 cm³/mol. The van der Waals surface area contributed by atoms with Crippen LogP contribution in [0.25, 0.3) is 0 Å². The summed E-state index contributed by atoms with van der Waals surface area (Å²) in [6.07, 6.45) is 3.50. The highest BCUT2D eigenvalue weighted by atomic mass is 16.6. The minimum Gasteiger partial charge on any atom is -0.489 e. The van der Waals surface area contributed by atoms with Crippen molar-refractivity contribution in [2.75, 3.05) is 0 Å². The first-order valence-electron chi connectivity index (χ1n) is 13.4. The van der Waals surface area contributed by atoms with E-state index in [1.807, 2.05) is 82.3 Å². The Kier molecular flexibility index (Phi) is 9.33. The number of ketones is 1. The zero-order chi connectivity index (χ0) is 28.5. The van der Waals surface area contributed by atoms with Gasteiger partial charge in [-0.05, 0) is 63.4 Å². The van der Waals surface area contributed by atoms with Gasteiger partial charge in [0.1, 0.15) is 29.8 Å². The van der Waals surface area contributed by atoms with Gasteiger partial charge in [-0.25, -0.2) is 0 Å². The number of carbonyl (C=O) groups is 2. The van der Waals surface area contributed by atoms with E-state index in [1.54, 1.807) is 42.7 Å². The Balaban J connectivity index is 1.67. The highest BCUT2D eigenvalue weighted by molar-refractivity contribution is 6.10. The first kappa shape index (κ1) is 28.6. The van der Waals surface area contributed by atoms with Gasteiger partial charge in [-0.3, -0.25) is 14.6 Å². The number of aromatic nitrogens is 1. The molecule has 1 unspecified atom stereocenters. The Bertz CT molecular complexity index is 1430. The normalized spacial score (nSPS) is 11.9. The molecule has 0 radical (unpaired) electrons. The Morgan fingerprint density at radius 2 is 1.65 bits per heavy atom. The van der Waals surface area contributed by atoms with Crippen LogP contribution in [0.2, 0.25) is 0 Å². The lowest BCUT2D eigenvalue weighted by Gasteiger charge is -2.24. The average molecular weight is 538 g/mol. The van der Waals surface area contributed by atoms with Crippen LogP contribution in [-0.2, 0) is 16.1 Å². The van der Waals surface area contributed by atoms with Crippen LogP contribution in [0.15, 0.2) is 97.3 Å². The van der Waals surface area contributed by atoms with Gasteiger partial charge in [0, 0.05) is 36.0 Å². The predicted octanol–water partition coefficient (Wildman–Crippen LogP) is 7.44. The Morgan fingerprint density at radius 3 is 2.35 bits per heavy atom. The summed E-state index contributed by atoms with van der Waals surface area (Å²) in [5, 5.41) is 0. The van der Waals surface area contributed by atoms with Crippen LogP contribution in [0.3, 0.4) is 0 Å². The van der Waals surface area contributed by atoms with Crippen LogP contribution in [0.4, 0.5) is 0 Å². The largest absolute Gasteiger partial charge is 0.489 e. The van der Waals surface area contributed by atoms with Crippen LogP contribution in [-0.4, -0.2) is 22.3 Å². The summed E-state index contributed by atoms with van der Waals surface area (Å²) in [6.45, 7) is 7.86. The molecule has 0 aliphatic heterocycles. The van der Waals surface area contributed by atoms with Gasteiger partial charge in [0.25, 0.3) is 0 Å². The smallest absolute Gasteiger partial charge is 0.306 e. The van der Waals surface area contributed by atoms with E-state index in [2.05, 4.69) is 4.98 Å². The molecule has 206 valence electrons. The third-order valence-corrected chi connectivity index (χ3v) is 6.20. The van der Waals surface area contributed by atoms with E-state index in [9.17, 15) is 9.59 Å². The molecule has 4 aromatic rings. The molecule has 3 aromatic carbocycles. The van der Waals surface area contributed by atoms with Gasteiger partial charge in [-0.1, -0.05) is 60.7 Å². The van der Waals surface area contributed by atoms with Gasteiger partial charge in [0.2, 0.25) is 0 Å². The summed E-state index contributed by atoms with van der Waals surface area (Å²) in [6, 6.07) is 26.0. The fourth-order valence-electron chi connectivity index (χ4n) is 4.29. The van der Waals surface area contributed by atoms with E-state index >= 15 is 0 Å². The number of hydrogen-bond donors (Lipinski definition) is 0. The molecule has 1 heterocycles. The summed E-state index contributed by atoms with van der Waals surface area (Å²) < 4.78 is 18.2. The SMILES string of the molecule is Cc1ccccc1C(CCC(=O)OC(C)(C)C)Oc1cc(OCc2cccnc2)ccc1C(=O)c1ccccc1. The summed E-state index contributed by atoms with van der Waals surface area (Å²) in [5.74, 6) is 0.475. The van der Waals surface area contributed by atoms with Gasteiger partial charge < -0.3 is 14.2 Å². The molecule has 1 atom stereocenters. The maximum absolute atomic E-state index is 13.6. The van der Waals surface area contributed by atoms with Gasteiger partial charge in [-0.15, -0.1) is 0 Å². The minimum absolute atomic E-state index is 0.162. The lowest BCUT2D eigenvalue weighted by atomic mass is 9.98. The highest BCUT2D eigenvalue weighted by Crippen LogP contribution is 2.34. The molecule has 6 nitrogen and oxygen atoms in total. The van der Waals surface area contributed by atoms with Gasteiger partial charge >= 0.3 is 5.97 Å². The second-order valence-electron chi connectivity index (χ2n) is 10.6. The number of ether oxygens (including phenoxy) is 3. The first-order valence-corrected chi connectivity index (χ1v) is 13.4. The molecular formula is C34H35NO5. The van der Waals surface area contributed by atoms with Crippen LogP contribution in [0, 0.1) is 6.92 Å². The van der Waals surface area contributed by atoms with Crippen LogP contribution >= 0.6 is 0 Å². The molecule has 4 rings (SSSR count). The van der Waals surface area contributed by atoms with Crippen molar-refractivity contribution in [2.45, 2.75) is 58.8 Å². The van der Waals surface area contributed by atoms with E-state index in [0.717, 1.165) is 16.7 Å². The number of aryl methyl sites for hydroxylation is 1. The standard InChI is InChI=1S/C34H35NO5/c1-24-11-8-9-15-28(24)30(18-19-32(36)40-34(2,3)4)39-31-21-27(38-23-25-12-10-20-35-22-25)16-17-29(31)33(37)26-13-6-5-7-14-26/h5-17,20-22,30H,18-19,23H2,1-4H3. The second kappa shape index (κ2) is 13.1. The Labute approximate surface area is 236 Å². The third-order valence-electron chi connectivity index (χ3n) is 6.20. The number of benzene rings is 3. The molecule has 1 aromatic heterocycles. The number of carbonyl (C=O) groups excluding carboxylic acids is 2. The molecule has 0 aliphatic carbocycles. The van der Waals surface area contributed by atoms with E-state index < -0.39 is 11.7 Å². The molecule has 40 heavy (non-hydrogen) atoms. The van der Waals surface area contributed by atoms with Crippen molar-refractivity contribution in [1.82, 2.24) is 4.98 Å². The molecule has 0 bridgehead atoms. The van der Waals surface area contributed by atoms with Crippen molar-refractivity contribution in [2.24, 2.45) is 0 Å². The van der Waals surface area contributed by atoms with Crippen molar-refractivity contribution >= 4 is 11.8 Å². The number of pyridine rings is 1. The van der Waals surface area contributed by atoms with E-state index in [1.165, 1.54) is 0 Å². The van der Waals surface area contributed by atoms with Crippen LogP contribution < -0.4 is 9.47 Å². The van der Waals surface area contributed by atoms with Gasteiger partial charge in [0.05, 0.1) is 5.56 Å². The van der Waals surface area contributed by atoms with Gasteiger partial charge in [0.15, 0.2) is 5.78 Å². The van der Waals surface area contributed by atoms with Crippen LogP contribution in [0.1, 0.15) is 72.3 Å². The van der Waals surface area contributed by atoms with E-state index in [4.69, 9.17) is 14.2 Å². The molecule has 0 aliphatic rings. The number of nitrogens with zero attached hydrogens (tertiary/aromatic N) is 1. The van der Waals surface area contributed by atoms with Crippen molar-refractivity contribution in [1.29, 1.82) is 0 Å². The molecule has 0 saturated carbocycles. The molecular weight excluding hydrogens is 502 g/mol. The lowest BCUT2D eigenvalue weighted by molar-refractivity contribution is -0.155. The zero-order valence-corrected chi connectivity index (χ0v) is 23.4. The zero-order valence-electron chi connectivity index (χ0n) is 23.4. The van der Waals surface area contributed by atoms with Crippen molar-refractivity contribution < 1.29 is 23.8 Å². The van der Waals surface area contributed by atoms with Crippen molar-refractivity contribution in [3.8, 4) is 11.5 Å². The average Bonchev–Trinajstić information content (AvgIpc) is 2.94. The second-order valence-corrected chi connectivity index (χ2v) is 10.6. The molecule has 6 heteroatoms. The van der Waals surface area contributed by atoms with Crippen molar-refractivity contribution in [3.05, 3.63) is 125 Å². The maximum atomic E-state index is 13.6. The molecule has 0 N–H and O–H groups in total. The summed E-state index contributed by atoms with van der Waals surface area (Å²) in [4.78, 5) is 30.3. The molecule has 0 saturated heterocycles. The van der Waals surface area contributed by atoms with E-state index in [-0.39, 0.29) is 18.2 Å². The first-order chi connectivity index (χ1) is 19.2. The fourth-order valence-corrected chi connectivity index (χ4v) is 4.29. The molecule has 0 amide bonds. The quantitative estimate of drug-likeness (QED) is 0.146. The summed E-state index contributed by atoms with van der Waals surface area (Å²) in [5.41, 5.74) is 3.27. The number of rotatable bonds is 11. The fraction of sp³-hybridized carbons (Fsp3) is 0.265. The Hall–Kier alpha value is -4.45. The lowest BCUT2D eigenvalue weighted by Crippen LogP contribution is -2.24. The van der Waals surface area contributed by atoms with E-state index in [0.29, 0.717) is 35.7 Å². The summed E-state index contributed by atoms with van der Waals surface area (Å²) >= 11 is 0. The third kappa shape index (κ3) is 8.03. The minimum atomic E-state index is -0.578. The van der Waals surface area contributed by atoms with Crippen molar-refractivity contribution in [3.63, 3.8) is 0 Å². The monoisotopic (exact) mass is 537 g/mol. The Morgan fingerprint density at radius 1 is 0.900 bits per heavy atom. The number of hydrogen-bond acceptors (Lipinski definition) is 6. The maximum Gasteiger partial charge on any atom is 0.306 e. The summed E-state index contributed by atoms with van der Waals surface area (Å²) in [7, 11) is 0. The molecule has 0 spiro atoms. The van der Waals surface area contributed by atoms with Gasteiger partial charge in [-0.2, -0.15) is 0 Å². The van der Waals surface area contributed by atoms with Crippen LogP contribution in [0.5, 0.6) is 11.5 Å². The highest BCUT2D eigenvalue weighted by Gasteiger charge is 2.24.